The molecule has 0 spiro atoms. The van der Waals surface area contributed by atoms with E-state index in [-0.39, 0.29) is 6.03 Å². The third-order valence-electron chi connectivity index (χ3n) is 2.63. The van der Waals surface area contributed by atoms with Crippen molar-refractivity contribution in [1.29, 1.82) is 5.26 Å². The molecule has 1 rings (SSSR count). The molecule has 1 fully saturated rings. The fraction of sp³-hybridized carbons (Fsp3) is 0.818. The van der Waals surface area contributed by atoms with E-state index >= 15 is 0 Å². The molecule has 4 heteroatoms. The van der Waals surface area contributed by atoms with Gasteiger partial charge in [-0.3, -0.25) is 0 Å². The van der Waals surface area contributed by atoms with Gasteiger partial charge in [0.25, 0.3) is 0 Å². The summed E-state index contributed by atoms with van der Waals surface area (Å²) in [6.45, 7) is 5.75. The molecule has 0 aromatic carbocycles. The smallest absolute Gasteiger partial charge is 0.317 e. The summed E-state index contributed by atoms with van der Waals surface area (Å²) in [6.07, 6.45) is 3.40. The second-order valence-corrected chi connectivity index (χ2v) is 4.70. The molecule has 0 aliphatic carbocycles. The van der Waals surface area contributed by atoms with E-state index in [4.69, 9.17) is 5.26 Å². The van der Waals surface area contributed by atoms with Crippen molar-refractivity contribution in [2.24, 2.45) is 5.41 Å². The average Bonchev–Trinajstić information content (AvgIpc) is 2.27. The zero-order chi connectivity index (χ0) is 11.3. The van der Waals surface area contributed by atoms with Crippen LogP contribution in [-0.4, -0.2) is 30.6 Å². The number of carbonyl (C=O) groups excluding carboxylic acids is 1. The van der Waals surface area contributed by atoms with E-state index in [2.05, 4.69) is 11.4 Å². The van der Waals surface area contributed by atoms with Gasteiger partial charge in [-0.05, 0) is 33.1 Å². The number of likely N-dealkylation sites (tertiary alicyclic amines) is 1. The molecular formula is C11H19N3O. The standard InChI is InChI=1S/C11H19N3O/c1-11(2,8-12)9-13-10(15)14-6-4-3-5-7-14/h3-7,9H2,1-2H3,(H,13,15). The Morgan fingerprint density at radius 3 is 2.53 bits per heavy atom. The molecule has 1 aliphatic rings. The van der Waals surface area contributed by atoms with Crippen LogP contribution in [0, 0.1) is 16.7 Å². The maximum atomic E-state index is 11.7. The fourth-order valence-corrected chi connectivity index (χ4v) is 1.54. The molecule has 2 amide bonds. The normalized spacial score (nSPS) is 17.0. The Morgan fingerprint density at radius 1 is 1.40 bits per heavy atom. The van der Waals surface area contributed by atoms with Crippen molar-refractivity contribution in [2.75, 3.05) is 19.6 Å². The average molecular weight is 209 g/mol. The molecule has 1 saturated heterocycles. The number of hydrogen-bond donors (Lipinski definition) is 1. The zero-order valence-corrected chi connectivity index (χ0v) is 9.55. The van der Waals surface area contributed by atoms with E-state index < -0.39 is 5.41 Å². The van der Waals surface area contributed by atoms with Crippen molar-refractivity contribution in [3.05, 3.63) is 0 Å². The van der Waals surface area contributed by atoms with E-state index in [9.17, 15) is 4.79 Å². The van der Waals surface area contributed by atoms with Gasteiger partial charge in [-0.15, -0.1) is 0 Å². The number of rotatable bonds is 2. The van der Waals surface area contributed by atoms with Gasteiger partial charge in [-0.1, -0.05) is 0 Å². The van der Waals surface area contributed by atoms with Crippen molar-refractivity contribution < 1.29 is 4.79 Å². The molecule has 0 atom stereocenters. The lowest BCUT2D eigenvalue weighted by molar-refractivity contribution is 0.183. The maximum Gasteiger partial charge on any atom is 0.317 e. The summed E-state index contributed by atoms with van der Waals surface area (Å²) in [5, 5.41) is 11.6. The van der Waals surface area contributed by atoms with E-state index in [0.29, 0.717) is 6.54 Å². The Bertz CT molecular complexity index is 261. The lowest BCUT2D eigenvalue weighted by Crippen LogP contribution is -2.45. The minimum atomic E-state index is -0.481. The Morgan fingerprint density at radius 2 is 2.00 bits per heavy atom. The molecule has 1 heterocycles. The summed E-state index contributed by atoms with van der Waals surface area (Å²) in [5.74, 6) is 0. The third kappa shape index (κ3) is 3.78. The van der Waals surface area contributed by atoms with Crippen LogP contribution < -0.4 is 5.32 Å². The van der Waals surface area contributed by atoms with Gasteiger partial charge in [-0.25, -0.2) is 4.79 Å². The lowest BCUT2D eigenvalue weighted by atomic mass is 9.96. The Kier molecular flexibility index (Phi) is 3.96. The number of nitrogens with one attached hydrogen (secondary N) is 1. The first-order valence-corrected chi connectivity index (χ1v) is 5.49. The molecule has 0 radical (unpaired) electrons. The van der Waals surface area contributed by atoms with Gasteiger partial charge in [-0.2, -0.15) is 5.26 Å². The van der Waals surface area contributed by atoms with Crippen molar-refractivity contribution in [3.63, 3.8) is 0 Å². The second kappa shape index (κ2) is 5.01. The highest BCUT2D eigenvalue weighted by molar-refractivity contribution is 5.74. The van der Waals surface area contributed by atoms with Crippen molar-refractivity contribution in [2.45, 2.75) is 33.1 Å². The Balaban J connectivity index is 2.32. The van der Waals surface area contributed by atoms with Crippen LogP contribution in [-0.2, 0) is 0 Å². The number of nitriles is 1. The molecule has 1 aliphatic heterocycles. The van der Waals surface area contributed by atoms with Gasteiger partial charge >= 0.3 is 6.03 Å². The van der Waals surface area contributed by atoms with Crippen molar-refractivity contribution >= 4 is 6.03 Å². The third-order valence-corrected chi connectivity index (χ3v) is 2.63. The summed E-state index contributed by atoms with van der Waals surface area (Å²) in [4.78, 5) is 13.5. The van der Waals surface area contributed by atoms with Crippen LogP contribution in [0.15, 0.2) is 0 Å². The monoisotopic (exact) mass is 209 g/mol. The lowest BCUT2D eigenvalue weighted by Gasteiger charge is -2.28. The number of hydrogen-bond acceptors (Lipinski definition) is 2. The highest BCUT2D eigenvalue weighted by atomic mass is 16.2. The Labute approximate surface area is 91.2 Å². The van der Waals surface area contributed by atoms with Crippen LogP contribution in [0.25, 0.3) is 0 Å². The number of amides is 2. The predicted octanol–water partition coefficient (Wildman–Crippen LogP) is 1.73. The highest BCUT2D eigenvalue weighted by Crippen LogP contribution is 2.12. The minimum Gasteiger partial charge on any atom is -0.336 e. The number of nitrogens with zero attached hydrogens (tertiary/aromatic N) is 2. The van der Waals surface area contributed by atoms with Gasteiger partial charge in [0.2, 0.25) is 0 Å². The molecule has 15 heavy (non-hydrogen) atoms. The van der Waals surface area contributed by atoms with Gasteiger partial charge in [0.1, 0.15) is 0 Å². The van der Waals surface area contributed by atoms with Gasteiger partial charge in [0, 0.05) is 19.6 Å². The summed E-state index contributed by atoms with van der Waals surface area (Å²) in [7, 11) is 0. The quantitative estimate of drug-likeness (QED) is 0.753. The van der Waals surface area contributed by atoms with Crippen molar-refractivity contribution in [1.82, 2.24) is 10.2 Å². The van der Waals surface area contributed by atoms with Crippen LogP contribution in [0.1, 0.15) is 33.1 Å². The van der Waals surface area contributed by atoms with Crippen LogP contribution in [0.5, 0.6) is 0 Å². The largest absolute Gasteiger partial charge is 0.336 e. The first kappa shape index (κ1) is 11.8. The summed E-state index contributed by atoms with van der Waals surface area (Å²) >= 11 is 0. The minimum absolute atomic E-state index is 0.0296. The van der Waals surface area contributed by atoms with Crippen molar-refractivity contribution in [3.8, 4) is 6.07 Å². The molecule has 0 bridgehead atoms. The van der Waals surface area contributed by atoms with E-state index in [0.717, 1.165) is 25.9 Å². The molecule has 1 N–H and O–H groups in total. The van der Waals surface area contributed by atoms with E-state index in [1.807, 2.05) is 18.7 Å². The van der Waals surface area contributed by atoms with Crippen LogP contribution in [0.3, 0.4) is 0 Å². The summed E-state index contributed by atoms with van der Waals surface area (Å²) < 4.78 is 0. The first-order valence-electron chi connectivity index (χ1n) is 5.49. The molecule has 0 aromatic heterocycles. The van der Waals surface area contributed by atoms with Crippen LogP contribution in [0.4, 0.5) is 4.79 Å². The van der Waals surface area contributed by atoms with E-state index in [1.54, 1.807) is 0 Å². The molecule has 84 valence electrons. The summed E-state index contributed by atoms with van der Waals surface area (Å²) in [5.41, 5.74) is -0.481. The highest BCUT2D eigenvalue weighted by Gasteiger charge is 2.21. The topological polar surface area (TPSA) is 56.1 Å². The predicted molar refractivity (Wildman–Crippen MR) is 58.2 cm³/mol. The maximum absolute atomic E-state index is 11.7. The SMILES string of the molecule is CC(C)(C#N)CNC(=O)N1CCCCC1. The van der Waals surface area contributed by atoms with E-state index in [1.165, 1.54) is 6.42 Å². The molecule has 0 saturated carbocycles. The number of carbonyl (C=O) groups is 1. The van der Waals surface area contributed by atoms with Crippen LogP contribution in [0.2, 0.25) is 0 Å². The molecule has 4 nitrogen and oxygen atoms in total. The first-order chi connectivity index (χ1) is 7.05. The molecule has 0 unspecified atom stereocenters. The molecular weight excluding hydrogens is 190 g/mol. The fourth-order valence-electron chi connectivity index (χ4n) is 1.54. The zero-order valence-electron chi connectivity index (χ0n) is 9.55. The van der Waals surface area contributed by atoms with Gasteiger partial charge in [0.05, 0.1) is 11.5 Å². The second-order valence-electron chi connectivity index (χ2n) is 4.70. The number of piperidine rings is 1. The number of urea groups is 1. The Hall–Kier alpha value is -1.24. The summed E-state index contributed by atoms with van der Waals surface area (Å²) in [6, 6.07) is 2.14. The van der Waals surface area contributed by atoms with Gasteiger partial charge in [0.15, 0.2) is 0 Å². The van der Waals surface area contributed by atoms with Crippen LogP contribution >= 0.6 is 0 Å². The molecule has 0 aromatic rings. The van der Waals surface area contributed by atoms with Gasteiger partial charge < -0.3 is 10.2 Å².